The van der Waals surface area contributed by atoms with Gasteiger partial charge in [-0.15, -0.1) is 0 Å². The number of nitrogens with one attached hydrogen (secondary N) is 2. The molecule has 0 radical (unpaired) electrons. The molecule has 0 bridgehead atoms. The number of rotatable bonds is 7. The predicted molar refractivity (Wildman–Crippen MR) is 62.0 cm³/mol. The largest absolute Gasteiger partial charge is 0.317 e. The van der Waals surface area contributed by atoms with Gasteiger partial charge in [-0.2, -0.15) is 0 Å². The lowest BCUT2D eigenvalue weighted by Crippen LogP contribution is -2.14. The fourth-order valence-corrected chi connectivity index (χ4v) is 1.00. The standard InChI is InChI=1S/C11H19N3/c1-4-7-11(8-9-12-5-2)14-10-13-6-3/h3,7,10,12H,4-5,8-9H2,1-2H3,(H,13,14). The van der Waals surface area contributed by atoms with Crippen molar-refractivity contribution in [3.63, 3.8) is 0 Å². The van der Waals surface area contributed by atoms with Crippen LogP contribution >= 0.6 is 0 Å². The molecule has 0 heterocycles. The summed E-state index contributed by atoms with van der Waals surface area (Å²) in [5.74, 6) is 0. The summed E-state index contributed by atoms with van der Waals surface area (Å²) >= 11 is 0. The van der Waals surface area contributed by atoms with Crippen LogP contribution in [-0.4, -0.2) is 19.4 Å². The minimum atomic E-state index is 0.935. The van der Waals surface area contributed by atoms with Crippen molar-refractivity contribution in [2.45, 2.75) is 26.7 Å². The molecule has 78 valence electrons. The Morgan fingerprint density at radius 1 is 1.50 bits per heavy atom. The van der Waals surface area contributed by atoms with Crippen molar-refractivity contribution in [2.24, 2.45) is 4.99 Å². The van der Waals surface area contributed by atoms with Crippen molar-refractivity contribution in [3.8, 4) is 12.5 Å². The Morgan fingerprint density at radius 2 is 2.29 bits per heavy atom. The summed E-state index contributed by atoms with van der Waals surface area (Å²) < 4.78 is 0. The summed E-state index contributed by atoms with van der Waals surface area (Å²) in [4.78, 5) is 4.22. The molecule has 0 saturated heterocycles. The fraction of sp³-hybridized carbons (Fsp3) is 0.545. The molecule has 0 saturated carbocycles. The zero-order chi connectivity index (χ0) is 10.6. The maximum Gasteiger partial charge on any atom is 0.0997 e. The quantitative estimate of drug-likeness (QED) is 0.211. The Kier molecular flexibility index (Phi) is 8.92. The van der Waals surface area contributed by atoms with E-state index in [1.165, 1.54) is 0 Å². The van der Waals surface area contributed by atoms with Gasteiger partial charge in [0.1, 0.15) is 0 Å². The van der Waals surface area contributed by atoms with Gasteiger partial charge < -0.3 is 10.6 Å². The molecule has 0 aliphatic carbocycles. The topological polar surface area (TPSA) is 36.4 Å². The van der Waals surface area contributed by atoms with Crippen molar-refractivity contribution in [1.29, 1.82) is 0 Å². The highest BCUT2D eigenvalue weighted by molar-refractivity contribution is 5.58. The first kappa shape index (κ1) is 12.7. The van der Waals surface area contributed by atoms with Gasteiger partial charge in [-0.05, 0) is 13.0 Å². The zero-order valence-electron chi connectivity index (χ0n) is 9.01. The van der Waals surface area contributed by atoms with Gasteiger partial charge in [-0.3, -0.25) is 0 Å². The van der Waals surface area contributed by atoms with E-state index in [0.717, 1.165) is 31.6 Å². The van der Waals surface area contributed by atoms with Crippen LogP contribution in [0.15, 0.2) is 16.8 Å². The van der Waals surface area contributed by atoms with Crippen LogP contribution in [0.2, 0.25) is 0 Å². The lowest BCUT2D eigenvalue weighted by atomic mass is 10.2. The second-order valence-corrected chi connectivity index (χ2v) is 2.75. The average molecular weight is 193 g/mol. The molecule has 14 heavy (non-hydrogen) atoms. The summed E-state index contributed by atoms with van der Waals surface area (Å²) in [6, 6.07) is 2.29. The Labute approximate surface area is 86.7 Å². The van der Waals surface area contributed by atoms with Crippen LogP contribution in [0.3, 0.4) is 0 Å². The van der Waals surface area contributed by atoms with E-state index in [9.17, 15) is 0 Å². The molecule has 0 aromatic heterocycles. The Hall–Kier alpha value is -1.27. The zero-order valence-corrected chi connectivity index (χ0v) is 9.01. The minimum Gasteiger partial charge on any atom is -0.317 e. The third-order valence-corrected chi connectivity index (χ3v) is 1.63. The Balaban J connectivity index is 3.91. The van der Waals surface area contributed by atoms with Gasteiger partial charge in [-0.25, -0.2) is 4.99 Å². The summed E-state index contributed by atoms with van der Waals surface area (Å²) in [6.45, 7) is 6.13. The maximum absolute atomic E-state index is 5.03. The van der Waals surface area contributed by atoms with Gasteiger partial charge in [0.25, 0.3) is 0 Å². The van der Waals surface area contributed by atoms with Gasteiger partial charge in [0.05, 0.1) is 6.34 Å². The van der Waals surface area contributed by atoms with E-state index in [-0.39, 0.29) is 0 Å². The molecular formula is C11H19N3. The molecule has 0 aromatic rings. The van der Waals surface area contributed by atoms with Crippen molar-refractivity contribution in [2.75, 3.05) is 13.1 Å². The number of allylic oxidation sites excluding steroid dienone is 1. The van der Waals surface area contributed by atoms with Crippen molar-refractivity contribution in [1.82, 2.24) is 10.6 Å². The normalized spacial score (nSPS) is 11.6. The van der Waals surface area contributed by atoms with Crippen molar-refractivity contribution < 1.29 is 0 Å². The van der Waals surface area contributed by atoms with E-state index in [2.05, 4.69) is 41.6 Å². The monoisotopic (exact) mass is 193 g/mol. The van der Waals surface area contributed by atoms with Crippen molar-refractivity contribution in [3.05, 3.63) is 11.8 Å². The first-order chi connectivity index (χ1) is 6.85. The maximum atomic E-state index is 5.03. The van der Waals surface area contributed by atoms with Crippen LogP contribution < -0.4 is 10.6 Å². The van der Waals surface area contributed by atoms with Gasteiger partial charge in [0.15, 0.2) is 0 Å². The van der Waals surface area contributed by atoms with Crippen LogP contribution in [0.25, 0.3) is 0 Å². The van der Waals surface area contributed by atoms with E-state index < -0.39 is 0 Å². The summed E-state index contributed by atoms with van der Waals surface area (Å²) in [5, 5.41) is 5.85. The number of hydrogen-bond acceptors (Lipinski definition) is 2. The number of terminal acetylenes is 1. The minimum absolute atomic E-state index is 0.935. The fourth-order valence-electron chi connectivity index (χ4n) is 1.00. The lowest BCUT2D eigenvalue weighted by molar-refractivity contribution is 0.709. The van der Waals surface area contributed by atoms with Crippen LogP contribution in [0.4, 0.5) is 0 Å². The molecule has 0 aromatic carbocycles. The molecule has 0 aliphatic rings. The second kappa shape index (κ2) is 9.82. The van der Waals surface area contributed by atoms with Crippen LogP contribution in [0.1, 0.15) is 26.7 Å². The number of nitrogens with zero attached hydrogens (tertiary/aromatic N) is 1. The van der Waals surface area contributed by atoms with Gasteiger partial charge in [0, 0.05) is 24.7 Å². The summed E-state index contributed by atoms with van der Waals surface area (Å²) in [5.41, 5.74) is 1.07. The highest BCUT2D eigenvalue weighted by Gasteiger charge is 1.92. The Bertz CT molecular complexity index is 223. The molecule has 0 unspecified atom stereocenters. The molecule has 0 fully saturated rings. The first-order valence-electron chi connectivity index (χ1n) is 4.98. The number of hydrogen-bond donors (Lipinski definition) is 2. The number of aliphatic imine (C=N–C) groups is 1. The third-order valence-electron chi connectivity index (χ3n) is 1.63. The highest BCUT2D eigenvalue weighted by atomic mass is 14.9. The lowest BCUT2D eigenvalue weighted by Gasteiger charge is -2.02. The molecule has 0 aliphatic heterocycles. The van der Waals surface area contributed by atoms with Gasteiger partial charge >= 0.3 is 0 Å². The first-order valence-corrected chi connectivity index (χ1v) is 4.98. The van der Waals surface area contributed by atoms with E-state index in [0.29, 0.717) is 0 Å². The predicted octanol–water partition coefficient (Wildman–Crippen LogP) is 1.49. The van der Waals surface area contributed by atoms with Crippen LogP contribution in [-0.2, 0) is 0 Å². The second-order valence-electron chi connectivity index (χ2n) is 2.75. The smallest absolute Gasteiger partial charge is 0.0997 e. The van der Waals surface area contributed by atoms with E-state index in [1.807, 2.05) is 0 Å². The summed E-state index contributed by atoms with van der Waals surface area (Å²) in [7, 11) is 0. The molecule has 3 heteroatoms. The molecule has 0 atom stereocenters. The van der Waals surface area contributed by atoms with Gasteiger partial charge in [-0.1, -0.05) is 26.3 Å². The van der Waals surface area contributed by atoms with Crippen molar-refractivity contribution >= 4 is 6.34 Å². The molecule has 0 rings (SSSR count). The third kappa shape index (κ3) is 7.38. The Morgan fingerprint density at radius 3 is 2.86 bits per heavy atom. The molecule has 0 spiro atoms. The average Bonchev–Trinajstić information content (AvgIpc) is 2.18. The molecule has 3 nitrogen and oxygen atoms in total. The van der Waals surface area contributed by atoms with E-state index in [4.69, 9.17) is 6.42 Å². The van der Waals surface area contributed by atoms with E-state index >= 15 is 0 Å². The van der Waals surface area contributed by atoms with E-state index in [1.54, 1.807) is 6.34 Å². The van der Waals surface area contributed by atoms with Gasteiger partial charge in [0.2, 0.25) is 0 Å². The highest BCUT2D eigenvalue weighted by Crippen LogP contribution is 2.02. The molecular weight excluding hydrogens is 174 g/mol. The molecule has 0 amide bonds. The summed E-state index contributed by atoms with van der Waals surface area (Å²) in [6.07, 6.45) is 10.6. The SMILES string of the molecule is C#CN/C=N\C(=CCC)CCNCC. The molecule has 2 N–H and O–H groups in total. The van der Waals surface area contributed by atoms with Crippen LogP contribution in [0, 0.1) is 12.5 Å². The van der Waals surface area contributed by atoms with Crippen LogP contribution in [0.5, 0.6) is 0 Å².